The zero-order valence-corrected chi connectivity index (χ0v) is 14.2. The average Bonchev–Trinajstić information content (AvgIpc) is 2.46. The molecule has 1 saturated carbocycles. The zero-order valence-electron chi connectivity index (χ0n) is 14.2. The number of likely N-dealkylation sites (tertiary alicyclic amines) is 1. The third-order valence-corrected chi connectivity index (χ3v) is 5.44. The number of rotatable bonds is 9. The number of unbranched alkanes of at least 4 members (excludes halogenated alkanes) is 2. The van der Waals surface area contributed by atoms with E-state index in [1.165, 1.54) is 64.6 Å². The highest BCUT2D eigenvalue weighted by Crippen LogP contribution is 2.30. The molecule has 1 heterocycles. The first-order chi connectivity index (χ1) is 10.2. The fourth-order valence-electron chi connectivity index (χ4n) is 3.67. The fraction of sp³-hybridized carbons (Fsp3) is 1.00. The first kappa shape index (κ1) is 17.2. The van der Waals surface area contributed by atoms with Crippen molar-refractivity contribution in [1.82, 2.24) is 9.80 Å². The number of nitrogens with zero attached hydrogens (tertiary/aromatic N) is 2. The Kier molecular flexibility index (Phi) is 7.44. The van der Waals surface area contributed by atoms with Crippen molar-refractivity contribution >= 4 is 0 Å². The molecular formula is C17H34N2O2. The molecule has 0 bridgehead atoms. The van der Waals surface area contributed by atoms with E-state index in [2.05, 4.69) is 16.8 Å². The summed E-state index contributed by atoms with van der Waals surface area (Å²) in [5, 5.41) is 0. The SMILES string of the molecule is COCCCCCN1CCC(N(C)C2CC(OC)C2)CC1. The van der Waals surface area contributed by atoms with Gasteiger partial charge in [0, 0.05) is 32.9 Å². The number of hydrogen-bond donors (Lipinski definition) is 0. The van der Waals surface area contributed by atoms with Crippen LogP contribution in [0.25, 0.3) is 0 Å². The van der Waals surface area contributed by atoms with Crippen molar-refractivity contribution in [3.8, 4) is 0 Å². The molecule has 4 nitrogen and oxygen atoms in total. The molecule has 21 heavy (non-hydrogen) atoms. The minimum absolute atomic E-state index is 0.518. The van der Waals surface area contributed by atoms with Gasteiger partial charge in [-0.1, -0.05) is 0 Å². The van der Waals surface area contributed by atoms with Gasteiger partial charge in [0.05, 0.1) is 6.10 Å². The minimum atomic E-state index is 0.518. The van der Waals surface area contributed by atoms with Crippen LogP contribution in [0.3, 0.4) is 0 Å². The van der Waals surface area contributed by atoms with Gasteiger partial charge in [-0.05, 0) is 71.6 Å². The monoisotopic (exact) mass is 298 g/mol. The van der Waals surface area contributed by atoms with Crippen molar-refractivity contribution in [3.63, 3.8) is 0 Å². The number of ether oxygens (including phenoxy) is 2. The number of piperidine rings is 1. The quantitative estimate of drug-likeness (QED) is 0.610. The molecule has 1 saturated heterocycles. The van der Waals surface area contributed by atoms with E-state index >= 15 is 0 Å². The summed E-state index contributed by atoms with van der Waals surface area (Å²) in [6.07, 6.45) is 9.48. The van der Waals surface area contributed by atoms with Crippen molar-refractivity contribution in [2.75, 3.05) is 47.5 Å². The maximum Gasteiger partial charge on any atom is 0.0601 e. The summed E-state index contributed by atoms with van der Waals surface area (Å²) in [6, 6.07) is 1.55. The topological polar surface area (TPSA) is 24.9 Å². The van der Waals surface area contributed by atoms with Gasteiger partial charge < -0.3 is 19.3 Å². The van der Waals surface area contributed by atoms with Crippen LogP contribution in [0.4, 0.5) is 0 Å². The molecule has 4 heteroatoms. The standard InChI is InChI=1S/C17H34N2O2/c1-18(16-13-17(14-16)21-3)15-7-10-19(11-8-15)9-5-4-6-12-20-2/h15-17H,4-14H2,1-3H3. The second-order valence-corrected chi connectivity index (χ2v) is 6.77. The van der Waals surface area contributed by atoms with Crippen LogP contribution in [-0.2, 0) is 9.47 Å². The van der Waals surface area contributed by atoms with Gasteiger partial charge in [0.2, 0.25) is 0 Å². The van der Waals surface area contributed by atoms with Crippen LogP contribution in [0.5, 0.6) is 0 Å². The van der Waals surface area contributed by atoms with Gasteiger partial charge in [-0.25, -0.2) is 0 Å². The summed E-state index contributed by atoms with van der Waals surface area (Å²) < 4.78 is 10.5. The lowest BCUT2D eigenvalue weighted by Crippen LogP contribution is -2.53. The Labute approximate surface area is 130 Å². The Hall–Kier alpha value is -0.160. The van der Waals surface area contributed by atoms with Crippen molar-refractivity contribution in [2.24, 2.45) is 0 Å². The van der Waals surface area contributed by atoms with E-state index in [1.54, 1.807) is 7.11 Å². The molecule has 0 atom stereocenters. The van der Waals surface area contributed by atoms with Crippen molar-refractivity contribution < 1.29 is 9.47 Å². The van der Waals surface area contributed by atoms with E-state index in [-0.39, 0.29) is 0 Å². The highest BCUT2D eigenvalue weighted by Gasteiger charge is 2.35. The maximum atomic E-state index is 5.40. The van der Waals surface area contributed by atoms with Gasteiger partial charge in [-0.15, -0.1) is 0 Å². The zero-order chi connectivity index (χ0) is 15.1. The van der Waals surface area contributed by atoms with E-state index in [1.807, 2.05) is 7.11 Å². The Morgan fingerprint density at radius 3 is 2.33 bits per heavy atom. The summed E-state index contributed by atoms with van der Waals surface area (Å²) in [5.74, 6) is 0. The number of methoxy groups -OCH3 is 2. The molecule has 0 unspecified atom stereocenters. The van der Waals surface area contributed by atoms with Crippen LogP contribution in [0.15, 0.2) is 0 Å². The van der Waals surface area contributed by atoms with Crippen molar-refractivity contribution in [1.29, 1.82) is 0 Å². The molecule has 0 amide bonds. The van der Waals surface area contributed by atoms with Crippen LogP contribution in [0, 0.1) is 0 Å². The van der Waals surface area contributed by atoms with Gasteiger partial charge in [-0.3, -0.25) is 0 Å². The van der Waals surface area contributed by atoms with E-state index in [4.69, 9.17) is 9.47 Å². The van der Waals surface area contributed by atoms with Gasteiger partial charge >= 0.3 is 0 Å². The smallest absolute Gasteiger partial charge is 0.0601 e. The fourth-order valence-corrected chi connectivity index (χ4v) is 3.67. The predicted octanol–water partition coefficient (Wildman–Crippen LogP) is 2.38. The molecule has 2 aliphatic rings. The minimum Gasteiger partial charge on any atom is -0.385 e. The molecule has 0 aromatic heterocycles. The normalized spacial score (nSPS) is 28.0. The highest BCUT2D eigenvalue weighted by molar-refractivity contribution is 4.91. The molecule has 2 rings (SSSR count). The Morgan fingerprint density at radius 1 is 1.00 bits per heavy atom. The molecule has 0 aromatic carbocycles. The van der Waals surface area contributed by atoms with Crippen molar-refractivity contribution in [3.05, 3.63) is 0 Å². The summed E-state index contributed by atoms with van der Waals surface area (Å²) in [5.41, 5.74) is 0. The summed E-state index contributed by atoms with van der Waals surface area (Å²) in [7, 11) is 5.95. The highest BCUT2D eigenvalue weighted by atomic mass is 16.5. The maximum absolute atomic E-state index is 5.40. The van der Waals surface area contributed by atoms with Gasteiger partial charge in [0.25, 0.3) is 0 Å². The van der Waals surface area contributed by atoms with E-state index in [0.717, 1.165) is 18.7 Å². The van der Waals surface area contributed by atoms with Crippen LogP contribution in [0.2, 0.25) is 0 Å². The molecule has 0 aromatic rings. The molecule has 124 valence electrons. The van der Waals surface area contributed by atoms with Crippen molar-refractivity contribution in [2.45, 2.75) is 63.1 Å². The van der Waals surface area contributed by atoms with E-state index in [9.17, 15) is 0 Å². The molecule has 1 aliphatic carbocycles. The Balaban J connectivity index is 1.55. The lowest BCUT2D eigenvalue weighted by Gasteiger charge is -2.46. The lowest BCUT2D eigenvalue weighted by atomic mass is 9.86. The lowest BCUT2D eigenvalue weighted by molar-refractivity contribution is -0.0392. The van der Waals surface area contributed by atoms with E-state index in [0.29, 0.717) is 6.10 Å². The Bertz CT molecular complexity index is 274. The second-order valence-electron chi connectivity index (χ2n) is 6.77. The second kappa shape index (κ2) is 9.09. The van der Waals surface area contributed by atoms with Crippen LogP contribution in [-0.4, -0.2) is 75.5 Å². The third-order valence-electron chi connectivity index (χ3n) is 5.44. The first-order valence-electron chi connectivity index (χ1n) is 8.70. The van der Waals surface area contributed by atoms with Gasteiger partial charge in [0.15, 0.2) is 0 Å². The summed E-state index contributed by atoms with van der Waals surface area (Å²) in [6.45, 7) is 4.74. The third kappa shape index (κ3) is 5.20. The van der Waals surface area contributed by atoms with Crippen LogP contribution < -0.4 is 0 Å². The molecule has 2 fully saturated rings. The Morgan fingerprint density at radius 2 is 1.71 bits per heavy atom. The van der Waals surface area contributed by atoms with Crippen LogP contribution in [0.1, 0.15) is 44.9 Å². The molecule has 0 spiro atoms. The molecule has 0 N–H and O–H groups in total. The largest absolute Gasteiger partial charge is 0.385 e. The van der Waals surface area contributed by atoms with Gasteiger partial charge in [0.1, 0.15) is 0 Å². The summed E-state index contributed by atoms with van der Waals surface area (Å²) in [4.78, 5) is 5.28. The molecule has 0 radical (unpaired) electrons. The van der Waals surface area contributed by atoms with E-state index < -0.39 is 0 Å². The molecular weight excluding hydrogens is 264 g/mol. The molecule has 1 aliphatic heterocycles. The van der Waals surface area contributed by atoms with Crippen LogP contribution >= 0.6 is 0 Å². The first-order valence-corrected chi connectivity index (χ1v) is 8.70. The van der Waals surface area contributed by atoms with Gasteiger partial charge in [-0.2, -0.15) is 0 Å². The average molecular weight is 298 g/mol. The number of hydrogen-bond acceptors (Lipinski definition) is 4. The predicted molar refractivity (Wildman–Crippen MR) is 86.8 cm³/mol. The summed E-state index contributed by atoms with van der Waals surface area (Å²) >= 11 is 0.